The van der Waals surface area contributed by atoms with Crippen molar-refractivity contribution in [3.8, 4) is 0 Å². The Morgan fingerprint density at radius 2 is 2.56 bits per heavy atom. The normalized spacial score (nSPS) is 13.7. The molecule has 0 aliphatic heterocycles. The van der Waals surface area contributed by atoms with E-state index in [-0.39, 0.29) is 0 Å². The van der Waals surface area contributed by atoms with Crippen LogP contribution < -0.4 is 0 Å². The van der Waals surface area contributed by atoms with Gasteiger partial charge >= 0.3 is 0 Å². The summed E-state index contributed by atoms with van der Waals surface area (Å²) < 4.78 is 15.9. The molecule has 0 radical (unpaired) electrons. The van der Waals surface area contributed by atoms with Crippen LogP contribution in [0.5, 0.6) is 0 Å². The summed E-state index contributed by atoms with van der Waals surface area (Å²) in [5.74, 6) is 0.643. The minimum atomic E-state index is -1.06. The maximum atomic E-state index is 12.3. The summed E-state index contributed by atoms with van der Waals surface area (Å²) in [6.07, 6.45) is 0. The van der Waals surface area contributed by atoms with Crippen LogP contribution in [0.1, 0.15) is 15.6 Å². The standard InChI is InChI=1S/C5H5FINO/c1-3-2-4(5(6)7)8-9-3/h2,5H,1H3. The van der Waals surface area contributed by atoms with E-state index in [9.17, 15) is 4.39 Å². The molecule has 0 N–H and O–H groups in total. The maximum Gasteiger partial charge on any atom is 0.196 e. The highest BCUT2D eigenvalue weighted by Gasteiger charge is 2.08. The molecule has 0 saturated heterocycles. The quantitative estimate of drug-likeness (QED) is 0.557. The van der Waals surface area contributed by atoms with Crippen LogP contribution in [0.25, 0.3) is 0 Å². The highest BCUT2D eigenvalue weighted by atomic mass is 127. The molecule has 0 aliphatic carbocycles. The van der Waals surface area contributed by atoms with Gasteiger partial charge in [0.05, 0.1) is 0 Å². The van der Waals surface area contributed by atoms with Crippen molar-refractivity contribution in [2.24, 2.45) is 0 Å². The van der Waals surface area contributed by atoms with Crippen LogP contribution in [-0.2, 0) is 0 Å². The monoisotopic (exact) mass is 241 g/mol. The molecule has 1 rings (SSSR count). The molecule has 0 saturated carbocycles. The fourth-order valence-corrected chi connectivity index (χ4v) is 0.782. The Hall–Kier alpha value is -0.130. The van der Waals surface area contributed by atoms with Gasteiger partial charge in [-0.2, -0.15) is 0 Å². The molecule has 0 amide bonds. The lowest BCUT2D eigenvalue weighted by Crippen LogP contribution is -1.77. The number of rotatable bonds is 1. The van der Waals surface area contributed by atoms with E-state index in [0.29, 0.717) is 11.5 Å². The molecule has 1 heterocycles. The van der Waals surface area contributed by atoms with E-state index in [4.69, 9.17) is 0 Å². The van der Waals surface area contributed by atoms with E-state index < -0.39 is 4.18 Å². The maximum absolute atomic E-state index is 12.3. The first-order chi connectivity index (χ1) is 4.20. The lowest BCUT2D eigenvalue weighted by Gasteiger charge is -1.86. The van der Waals surface area contributed by atoms with Gasteiger partial charge in [0.1, 0.15) is 11.5 Å². The first-order valence-corrected chi connectivity index (χ1v) is 3.66. The van der Waals surface area contributed by atoms with Crippen LogP contribution in [0.2, 0.25) is 0 Å². The topological polar surface area (TPSA) is 26.0 Å². The molecule has 0 bridgehead atoms. The van der Waals surface area contributed by atoms with Crippen LogP contribution in [0.15, 0.2) is 10.6 Å². The van der Waals surface area contributed by atoms with E-state index in [1.54, 1.807) is 35.6 Å². The zero-order valence-electron chi connectivity index (χ0n) is 4.77. The Balaban J connectivity index is 2.85. The number of aromatic nitrogens is 1. The number of hydrogen-bond donors (Lipinski definition) is 0. The lowest BCUT2D eigenvalue weighted by atomic mass is 10.4. The largest absolute Gasteiger partial charge is 0.361 e. The fraction of sp³-hybridized carbons (Fsp3) is 0.400. The molecule has 1 atom stereocenters. The third-order valence-corrected chi connectivity index (χ3v) is 1.51. The minimum absolute atomic E-state index is 0.355. The van der Waals surface area contributed by atoms with Crippen LogP contribution in [-0.4, -0.2) is 5.16 Å². The van der Waals surface area contributed by atoms with Crippen molar-refractivity contribution in [1.82, 2.24) is 5.16 Å². The van der Waals surface area contributed by atoms with Crippen molar-refractivity contribution in [1.29, 1.82) is 0 Å². The highest BCUT2D eigenvalue weighted by molar-refractivity contribution is 14.1. The third-order valence-electron chi connectivity index (χ3n) is 0.870. The number of halogens is 2. The van der Waals surface area contributed by atoms with Gasteiger partial charge in [-0.3, -0.25) is 0 Å². The zero-order valence-corrected chi connectivity index (χ0v) is 6.92. The van der Waals surface area contributed by atoms with Gasteiger partial charge in [-0.05, 0) is 29.5 Å². The zero-order chi connectivity index (χ0) is 6.85. The van der Waals surface area contributed by atoms with Crippen molar-refractivity contribution >= 4 is 22.6 Å². The summed E-state index contributed by atoms with van der Waals surface area (Å²) in [6, 6.07) is 1.58. The molecule has 0 aromatic carbocycles. The van der Waals surface area contributed by atoms with Crippen molar-refractivity contribution in [2.45, 2.75) is 11.1 Å². The first-order valence-electron chi connectivity index (χ1n) is 2.41. The summed E-state index contributed by atoms with van der Waals surface area (Å²) >= 11 is 1.63. The minimum Gasteiger partial charge on any atom is -0.361 e. The Labute approximate surface area is 65.6 Å². The Morgan fingerprint density at radius 3 is 2.78 bits per heavy atom. The molecule has 1 aromatic heterocycles. The van der Waals surface area contributed by atoms with Gasteiger partial charge in [0, 0.05) is 6.07 Å². The number of aryl methyl sites for hydroxylation is 1. The molecule has 0 aliphatic rings. The van der Waals surface area contributed by atoms with Gasteiger partial charge in [0.25, 0.3) is 0 Å². The summed E-state index contributed by atoms with van der Waals surface area (Å²) in [5, 5.41) is 3.46. The summed E-state index contributed by atoms with van der Waals surface area (Å²) in [4.78, 5) is 0. The third kappa shape index (κ3) is 1.64. The summed E-state index contributed by atoms with van der Waals surface area (Å²) in [5.41, 5.74) is 0.355. The van der Waals surface area contributed by atoms with E-state index in [0.717, 1.165) is 0 Å². The summed E-state index contributed by atoms with van der Waals surface area (Å²) in [6.45, 7) is 1.73. The van der Waals surface area contributed by atoms with E-state index in [1.807, 2.05) is 0 Å². The molecule has 50 valence electrons. The predicted molar refractivity (Wildman–Crippen MR) is 39.1 cm³/mol. The first kappa shape index (κ1) is 6.98. The second kappa shape index (κ2) is 2.64. The molecule has 0 spiro atoms. The highest BCUT2D eigenvalue weighted by Crippen LogP contribution is 2.23. The van der Waals surface area contributed by atoms with Gasteiger partial charge in [0.2, 0.25) is 0 Å². The molecule has 0 fully saturated rings. The molecular weight excluding hydrogens is 236 g/mol. The molecule has 4 heteroatoms. The van der Waals surface area contributed by atoms with Gasteiger partial charge in [0.15, 0.2) is 4.18 Å². The molecule has 2 nitrogen and oxygen atoms in total. The predicted octanol–water partition coefficient (Wildman–Crippen LogP) is 2.39. The van der Waals surface area contributed by atoms with E-state index >= 15 is 0 Å². The van der Waals surface area contributed by atoms with Gasteiger partial charge in [-0.15, -0.1) is 0 Å². The Morgan fingerprint density at radius 1 is 1.89 bits per heavy atom. The average Bonchev–Trinajstić information content (AvgIpc) is 2.14. The average molecular weight is 241 g/mol. The van der Waals surface area contributed by atoms with Gasteiger partial charge in [-0.25, -0.2) is 4.39 Å². The molecule has 1 unspecified atom stereocenters. The van der Waals surface area contributed by atoms with E-state index in [2.05, 4.69) is 9.68 Å². The second-order valence-electron chi connectivity index (χ2n) is 1.66. The van der Waals surface area contributed by atoms with Crippen LogP contribution in [0.4, 0.5) is 4.39 Å². The molecule has 1 aromatic rings. The number of alkyl halides is 2. The Bertz CT molecular complexity index is 199. The van der Waals surface area contributed by atoms with Crippen molar-refractivity contribution in [3.63, 3.8) is 0 Å². The Kier molecular flexibility index (Phi) is 2.05. The van der Waals surface area contributed by atoms with Crippen LogP contribution in [0, 0.1) is 6.92 Å². The molecule has 9 heavy (non-hydrogen) atoms. The second-order valence-corrected chi connectivity index (χ2v) is 2.76. The van der Waals surface area contributed by atoms with Crippen LogP contribution >= 0.6 is 22.6 Å². The fourth-order valence-electron chi connectivity index (χ4n) is 0.488. The van der Waals surface area contributed by atoms with Crippen molar-refractivity contribution in [2.75, 3.05) is 0 Å². The van der Waals surface area contributed by atoms with Crippen LogP contribution in [0.3, 0.4) is 0 Å². The number of nitrogens with zero attached hydrogens (tertiary/aromatic N) is 1. The van der Waals surface area contributed by atoms with Crippen molar-refractivity contribution < 1.29 is 8.91 Å². The van der Waals surface area contributed by atoms with E-state index in [1.165, 1.54) is 0 Å². The molecular formula is C5H5FINO. The smallest absolute Gasteiger partial charge is 0.196 e. The van der Waals surface area contributed by atoms with Gasteiger partial charge < -0.3 is 4.52 Å². The van der Waals surface area contributed by atoms with Crippen molar-refractivity contribution in [3.05, 3.63) is 17.5 Å². The lowest BCUT2D eigenvalue weighted by molar-refractivity contribution is 0.374. The van der Waals surface area contributed by atoms with Gasteiger partial charge in [-0.1, -0.05) is 5.16 Å². The SMILES string of the molecule is Cc1cc(C(F)I)no1. The number of hydrogen-bond acceptors (Lipinski definition) is 2. The summed E-state index contributed by atoms with van der Waals surface area (Å²) in [7, 11) is 0.